The van der Waals surface area contributed by atoms with Crippen LogP contribution < -0.4 is 0 Å². The molecule has 2 aromatic rings. The van der Waals surface area contributed by atoms with E-state index in [9.17, 15) is 18.0 Å². The Morgan fingerprint density at radius 1 is 1.33 bits per heavy atom. The molecule has 2 rings (SSSR count). The van der Waals surface area contributed by atoms with Gasteiger partial charge in [0.2, 0.25) is 0 Å². The van der Waals surface area contributed by atoms with E-state index in [2.05, 4.69) is 4.98 Å². The number of carbonyl (C=O) groups is 1. The second kappa shape index (κ2) is 4.45. The molecule has 94 valence electrons. The van der Waals surface area contributed by atoms with E-state index >= 15 is 0 Å². The van der Waals surface area contributed by atoms with E-state index in [-0.39, 0.29) is 5.02 Å². The van der Waals surface area contributed by atoms with E-state index in [0.29, 0.717) is 0 Å². The molecule has 0 radical (unpaired) electrons. The highest BCUT2D eigenvalue weighted by Crippen LogP contribution is 2.35. The van der Waals surface area contributed by atoms with Crippen LogP contribution in [0.15, 0.2) is 36.9 Å². The van der Waals surface area contributed by atoms with Crippen LogP contribution in [-0.2, 0) is 6.18 Å². The minimum absolute atomic E-state index is 0.247. The molecule has 0 N–H and O–H groups in total. The van der Waals surface area contributed by atoms with Crippen molar-refractivity contribution in [2.75, 3.05) is 0 Å². The molecule has 0 unspecified atom stereocenters. The number of hydrogen-bond acceptors (Lipinski definition) is 2. The van der Waals surface area contributed by atoms with Crippen molar-refractivity contribution in [2.45, 2.75) is 6.18 Å². The van der Waals surface area contributed by atoms with E-state index in [0.717, 1.165) is 23.0 Å². The van der Waals surface area contributed by atoms with Gasteiger partial charge in [0.25, 0.3) is 5.91 Å². The summed E-state index contributed by atoms with van der Waals surface area (Å²) in [6.45, 7) is 0. The molecule has 0 amide bonds. The van der Waals surface area contributed by atoms with Crippen LogP contribution in [0.3, 0.4) is 0 Å². The third kappa shape index (κ3) is 2.24. The van der Waals surface area contributed by atoms with Crippen molar-refractivity contribution in [3.63, 3.8) is 0 Å². The summed E-state index contributed by atoms with van der Waals surface area (Å²) in [5, 5.41) is -0.247. The van der Waals surface area contributed by atoms with Gasteiger partial charge in [0.1, 0.15) is 6.33 Å². The quantitative estimate of drug-likeness (QED) is 0.800. The van der Waals surface area contributed by atoms with Crippen molar-refractivity contribution in [1.82, 2.24) is 9.55 Å². The average Bonchev–Trinajstić information content (AvgIpc) is 2.80. The van der Waals surface area contributed by atoms with Gasteiger partial charge in [-0.2, -0.15) is 13.2 Å². The van der Waals surface area contributed by atoms with E-state index in [1.54, 1.807) is 0 Å². The number of imidazole rings is 1. The standard InChI is InChI=1S/C11H6ClF3N2O/c12-8-3-1-2-7(11(13,14)15)9(8)10(18)17-5-4-16-6-17/h1-6H. The SMILES string of the molecule is O=C(c1c(Cl)cccc1C(F)(F)F)n1ccnc1. The largest absolute Gasteiger partial charge is 0.417 e. The lowest BCUT2D eigenvalue weighted by Gasteiger charge is -2.13. The van der Waals surface area contributed by atoms with Crippen LogP contribution >= 0.6 is 11.6 Å². The fourth-order valence-electron chi connectivity index (χ4n) is 1.49. The van der Waals surface area contributed by atoms with E-state index < -0.39 is 23.2 Å². The van der Waals surface area contributed by atoms with Gasteiger partial charge in [0.15, 0.2) is 0 Å². The predicted molar refractivity (Wildman–Crippen MR) is 58.4 cm³/mol. The zero-order chi connectivity index (χ0) is 13.3. The summed E-state index contributed by atoms with van der Waals surface area (Å²) in [6.07, 6.45) is -0.976. The Morgan fingerprint density at radius 3 is 2.61 bits per heavy atom. The van der Waals surface area contributed by atoms with Gasteiger partial charge < -0.3 is 0 Å². The number of rotatable bonds is 1. The van der Waals surface area contributed by atoms with Gasteiger partial charge in [-0.25, -0.2) is 4.98 Å². The first-order valence-corrected chi connectivity index (χ1v) is 5.17. The fourth-order valence-corrected chi connectivity index (χ4v) is 1.74. The molecule has 0 saturated carbocycles. The summed E-state index contributed by atoms with van der Waals surface area (Å²) in [5.41, 5.74) is -1.64. The molecule has 1 heterocycles. The number of hydrogen-bond donors (Lipinski definition) is 0. The first-order chi connectivity index (χ1) is 8.41. The normalized spacial score (nSPS) is 11.6. The molecule has 0 aliphatic rings. The van der Waals surface area contributed by atoms with Crippen molar-refractivity contribution in [1.29, 1.82) is 0 Å². The molecule has 0 aliphatic carbocycles. The summed E-state index contributed by atoms with van der Waals surface area (Å²) < 4.78 is 39.3. The maximum absolute atomic E-state index is 12.8. The van der Waals surface area contributed by atoms with Crippen LogP contribution in [-0.4, -0.2) is 15.5 Å². The zero-order valence-electron chi connectivity index (χ0n) is 8.78. The van der Waals surface area contributed by atoms with Crippen molar-refractivity contribution >= 4 is 17.5 Å². The first-order valence-electron chi connectivity index (χ1n) is 4.79. The molecule has 1 aromatic carbocycles. The van der Waals surface area contributed by atoms with Crippen molar-refractivity contribution < 1.29 is 18.0 Å². The smallest absolute Gasteiger partial charge is 0.272 e. The number of benzene rings is 1. The molecule has 0 atom stereocenters. The van der Waals surface area contributed by atoms with Crippen molar-refractivity contribution in [3.05, 3.63) is 53.1 Å². The minimum atomic E-state index is -4.64. The molecule has 0 spiro atoms. The first kappa shape index (κ1) is 12.6. The van der Waals surface area contributed by atoms with Crippen LogP contribution in [0.5, 0.6) is 0 Å². The highest BCUT2D eigenvalue weighted by molar-refractivity contribution is 6.34. The highest BCUT2D eigenvalue weighted by atomic mass is 35.5. The summed E-state index contributed by atoms with van der Waals surface area (Å²) >= 11 is 5.69. The molecule has 1 aromatic heterocycles. The van der Waals surface area contributed by atoms with Crippen LogP contribution in [0.25, 0.3) is 0 Å². The molecule has 0 fully saturated rings. The maximum Gasteiger partial charge on any atom is 0.417 e. The Morgan fingerprint density at radius 2 is 2.06 bits per heavy atom. The van der Waals surface area contributed by atoms with Gasteiger partial charge in [0, 0.05) is 12.4 Å². The highest BCUT2D eigenvalue weighted by Gasteiger charge is 2.36. The Kier molecular flexibility index (Phi) is 3.13. The zero-order valence-corrected chi connectivity index (χ0v) is 9.53. The van der Waals surface area contributed by atoms with Crippen molar-refractivity contribution in [2.24, 2.45) is 0 Å². The van der Waals surface area contributed by atoms with E-state index in [1.165, 1.54) is 18.5 Å². The van der Waals surface area contributed by atoms with Gasteiger partial charge in [-0.1, -0.05) is 17.7 Å². The molecule has 0 aliphatic heterocycles. The third-order valence-electron chi connectivity index (χ3n) is 2.27. The van der Waals surface area contributed by atoms with Gasteiger partial charge in [0.05, 0.1) is 16.1 Å². The van der Waals surface area contributed by atoms with Crippen LogP contribution in [0, 0.1) is 0 Å². The Hall–Kier alpha value is -1.82. The van der Waals surface area contributed by atoms with Crippen LogP contribution in [0.1, 0.15) is 15.9 Å². The Labute approximate surface area is 105 Å². The number of carbonyl (C=O) groups excluding carboxylic acids is 1. The molecular formula is C11H6ClF3N2O. The number of nitrogens with zero attached hydrogens (tertiary/aromatic N) is 2. The molecule has 7 heteroatoms. The average molecular weight is 275 g/mol. The topological polar surface area (TPSA) is 34.9 Å². The monoisotopic (exact) mass is 274 g/mol. The van der Waals surface area contributed by atoms with E-state index in [1.807, 2.05) is 0 Å². The van der Waals surface area contributed by atoms with Crippen LogP contribution in [0.4, 0.5) is 13.2 Å². The Balaban J connectivity index is 2.60. The van der Waals surface area contributed by atoms with Gasteiger partial charge >= 0.3 is 6.18 Å². The van der Waals surface area contributed by atoms with E-state index in [4.69, 9.17) is 11.6 Å². The van der Waals surface area contributed by atoms with Gasteiger partial charge in [-0.3, -0.25) is 9.36 Å². The molecule has 0 bridgehead atoms. The second-order valence-electron chi connectivity index (χ2n) is 3.44. The van der Waals surface area contributed by atoms with Crippen molar-refractivity contribution in [3.8, 4) is 0 Å². The number of alkyl halides is 3. The molecule has 18 heavy (non-hydrogen) atoms. The number of halogens is 4. The Bertz CT molecular complexity index is 578. The lowest BCUT2D eigenvalue weighted by Crippen LogP contribution is -2.18. The fraction of sp³-hybridized carbons (Fsp3) is 0.0909. The van der Waals surface area contributed by atoms with Crippen LogP contribution in [0.2, 0.25) is 5.02 Å². The lowest BCUT2D eigenvalue weighted by molar-refractivity contribution is -0.137. The minimum Gasteiger partial charge on any atom is -0.272 e. The van der Waals surface area contributed by atoms with Gasteiger partial charge in [-0.15, -0.1) is 0 Å². The second-order valence-corrected chi connectivity index (χ2v) is 3.84. The summed E-state index contributed by atoms with van der Waals surface area (Å²) in [5.74, 6) is -0.870. The summed E-state index contributed by atoms with van der Waals surface area (Å²) in [4.78, 5) is 15.5. The molecule has 3 nitrogen and oxygen atoms in total. The predicted octanol–water partition coefficient (Wildman–Crippen LogP) is 3.24. The molecular weight excluding hydrogens is 269 g/mol. The maximum atomic E-state index is 12.8. The third-order valence-corrected chi connectivity index (χ3v) is 2.59. The summed E-state index contributed by atoms with van der Waals surface area (Å²) in [6, 6.07) is 3.20. The lowest BCUT2D eigenvalue weighted by atomic mass is 10.1. The van der Waals surface area contributed by atoms with Gasteiger partial charge in [-0.05, 0) is 12.1 Å². The number of aromatic nitrogens is 2. The summed E-state index contributed by atoms with van der Waals surface area (Å²) in [7, 11) is 0. The molecule has 0 saturated heterocycles.